The molecule has 6 heteroatoms. The Labute approximate surface area is 185 Å². The van der Waals surface area contributed by atoms with Crippen LogP contribution >= 0.6 is 0 Å². The van der Waals surface area contributed by atoms with Gasteiger partial charge in [0.05, 0.1) is 42.4 Å². The predicted octanol–water partition coefficient (Wildman–Crippen LogP) is 4.52. The number of nitrogens with zero attached hydrogens (tertiary/aromatic N) is 2. The molecule has 0 radical (unpaired) electrons. The molecule has 2 N–H and O–H groups in total. The van der Waals surface area contributed by atoms with Crippen LogP contribution in [0.15, 0.2) is 48.7 Å². The first kappa shape index (κ1) is 24.4. The molecule has 1 heterocycles. The second kappa shape index (κ2) is 11.5. The van der Waals surface area contributed by atoms with Crippen molar-refractivity contribution < 1.29 is 14.6 Å². The molecule has 0 bridgehead atoms. The van der Waals surface area contributed by atoms with E-state index in [1.165, 1.54) is 0 Å². The van der Waals surface area contributed by atoms with Gasteiger partial charge in [0.1, 0.15) is 5.75 Å². The number of aliphatic hydroxyl groups is 1. The number of nitriles is 1. The lowest BCUT2D eigenvalue weighted by Crippen LogP contribution is -2.44. The maximum absolute atomic E-state index is 13.0. The lowest BCUT2D eigenvalue weighted by Gasteiger charge is -2.32. The second-order valence-electron chi connectivity index (χ2n) is 8.54. The first-order valence-electron chi connectivity index (χ1n) is 10.8. The fraction of sp³-hybridized carbons (Fsp3) is 0.480. The summed E-state index contributed by atoms with van der Waals surface area (Å²) in [6.07, 6.45) is 3.84. The highest BCUT2D eigenvalue weighted by atomic mass is 16.5. The van der Waals surface area contributed by atoms with Crippen LogP contribution in [0.1, 0.15) is 70.2 Å². The minimum absolute atomic E-state index is 0.00411. The Balaban J connectivity index is 2.16. The number of pyridine rings is 1. The van der Waals surface area contributed by atoms with Crippen molar-refractivity contribution in [2.75, 3.05) is 6.61 Å². The van der Waals surface area contributed by atoms with E-state index in [1.54, 1.807) is 38.2 Å². The fourth-order valence-corrected chi connectivity index (χ4v) is 3.49. The molecule has 31 heavy (non-hydrogen) atoms. The lowest BCUT2D eigenvalue weighted by molar-refractivity contribution is -0.125. The number of aromatic nitrogens is 1. The molecule has 6 nitrogen and oxygen atoms in total. The summed E-state index contributed by atoms with van der Waals surface area (Å²) < 4.78 is 5.86. The third-order valence-electron chi connectivity index (χ3n) is 5.18. The van der Waals surface area contributed by atoms with Crippen LogP contribution in [0.25, 0.3) is 0 Å². The molecule has 0 aliphatic carbocycles. The van der Waals surface area contributed by atoms with Gasteiger partial charge in [0.15, 0.2) is 0 Å². The number of nitrogens with one attached hydrogen (secondary N) is 1. The Morgan fingerprint density at radius 1 is 1.26 bits per heavy atom. The maximum Gasteiger partial charge on any atom is 0.230 e. The zero-order valence-electron chi connectivity index (χ0n) is 18.8. The minimum atomic E-state index is -1.21. The Morgan fingerprint density at radius 2 is 1.97 bits per heavy atom. The molecule has 0 fully saturated rings. The van der Waals surface area contributed by atoms with Crippen LogP contribution in [-0.4, -0.2) is 28.2 Å². The number of ether oxygens (including phenoxy) is 1. The first-order chi connectivity index (χ1) is 14.8. The Bertz CT molecular complexity index is 854. The van der Waals surface area contributed by atoms with E-state index >= 15 is 0 Å². The molecule has 0 saturated heterocycles. The highest BCUT2D eigenvalue weighted by Crippen LogP contribution is 2.29. The number of carbonyl (C=O) groups is 1. The second-order valence-corrected chi connectivity index (χ2v) is 8.54. The molecule has 2 rings (SSSR count). The van der Waals surface area contributed by atoms with Crippen molar-refractivity contribution >= 4 is 5.91 Å². The number of carbonyl (C=O) groups excluding carboxylic acids is 1. The summed E-state index contributed by atoms with van der Waals surface area (Å²) >= 11 is 0. The molecule has 0 spiro atoms. The average Bonchev–Trinajstić information content (AvgIpc) is 2.74. The molecule has 1 aromatic carbocycles. The van der Waals surface area contributed by atoms with E-state index in [-0.39, 0.29) is 12.3 Å². The predicted molar refractivity (Wildman–Crippen MR) is 120 cm³/mol. The van der Waals surface area contributed by atoms with E-state index in [2.05, 4.69) is 30.2 Å². The molecule has 1 amide bonds. The largest absolute Gasteiger partial charge is 0.493 e. The van der Waals surface area contributed by atoms with Gasteiger partial charge in [-0.05, 0) is 56.0 Å². The van der Waals surface area contributed by atoms with Gasteiger partial charge in [-0.15, -0.1) is 0 Å². The zero-order valence-corrected chi connectivity index (χ0v) is 18.8. The van der Waals surface area contributed by atoms with Gasteiger partial charge in [-0.25, -0.2) is 0 Å². The molecule has 0 saturated carbocycles. The van der Waals surface area contributed by atoms with Crippen molar-refractivity contribution in [3.8, 4) is 11.8 Å². The highest BCUT2D eigenvalue weighted by Gasteiger charge is 2.33. The molecular formula is C25H33N3O3. The van der Waals surface area contributed by atoms with Gasteiger partial charge in [-0.3, -0.25) is 9.78 Å². The Morgan fingerprint density at radius 3 is 2.52 bits per heavy atom. The summed E-state index contributed by atoms with van der Waals surface area (Å²) in [4.78, 5) is 17.3. The van der Waals surface area contributed by atoms with Gasteiger partial charge in [0, 0.05) is 6.20 Å². The molecule has 166 valence electrons. The smallest absolute Gasteiger partial charge is 0.230 e. The van der Waals surface area contributed by atoms with Crippen LogP contribution in [0.2, 0.25) is 0 Å². The number of amides is 1. The van der Waals surface area contributed by atoms with Gasteiger partial charge in [0.2, 0.25) is 5.91 Å². The van der Waals surface area contributed by atoms with Crippen LogP contribution in [0.3, 0.4) is 0 Å². The van der Waals surface area contributed by atoms with Crippen molar-refractivity contribution in [1.29, 1.82) is 5.26 Å². The van der Waals surface area contributed by atoms with Gasteiger partial charge in [-0.2, -0.15) is 5.26 Å². The molecule has 2 unspecified atom stereocenters. The summed E-state index contributed by atoms with van der Waals surface area (Å²) in [6.45, 7) is 8.27. The summed E-state index contributed by atoms with van der Waals surface area (Å²) in [7, 11) is 0. The maximum atomic E-state index is 13.0. The SMILES string of the molecule is CCCC(C)COc1ccc([C@@H](NC(=O)C(CC#N)c2ccccn2)C(C)(C)O)cc1. The summed E-state index contributed by atoms with van der Waals surface area (Å²) in [6, 6.07) is 14.1. The van der Waals surface area contributed by atoms with Gasteiger partial charge >= 0.3 is 0 Å². The van der Waals surface area contributed by atoms with E-state index in [0.717, 1.165) is 24.2 Å². The zero-order chi connectivity index (χ0) is 22.9. The number of hydrogen-bond donors (Lipinski definition) is 2. The van der Waals surface area contributed by atoms with Gasteiger partial charge in [-0.1, -0.05) is 38.5 Å². The van der Waals surface area contributed by atoms with Crippen molar-refractivity contribution in [2.24, 2.45) is 5.92 Å². The van der Waals surface area contributed by atoms with Crippen LogP contribution in [0, 0.1) is 17.2 Å². The lowest BCUT2D eigenvalue weighted by atomic mass is 9.90. The summed E-state index contributed by atoms with van der Waals surface area (Å²) in [5.74, 6) is 0.180. The molecule has 0 aliphatic rings. The van der Waals surface area contributed by atoms with Crippen LogP contribution in [0.4, 0.5) is 0 Å². The molecular weight excluding hydrogens is 390 g/mol. The fourth-order valence-electron chi connectivity index (χ4n) is 3.49. The standard InChI is InChI=1S/C25H33N3O3/c1-5-8-18(2)17-31-20-12-10-19(11-13-20)23(25(3,4)30)28-24(29)21(14-15-26)22-9-6-7-16-27-22/h6-7,9-13,16,18,21,23,30H,5,8,14,17H2,1-4H3,(H,28,29)/t18?,21?,23-/m1/s1. The first-order valence-corrected chi connectivity index (χ1v) is 10.8. The van der Waals surface area contributed by atoms with Gasteiger partial charge < -0.3 is 15.2 Å². The molecule has 3 atom stereocenters. The molecule has 1 aromatic heterocycles. The topological polar surface area (TPSA) is 95.2 Å². The number of rotatable bonds is 11. The average molecular weight is 424 g/mol. The normalized spacial score (nSPS) is 14.2. The quantitative estimate of drug-likeness (QED) is 0.554. The van der Waals surface area contributed by atoms with E-state index in [4.69, 9.17) is 4.74 Å². The van der Waals surface area contributed by atoms with Crippen LogP contribution < -0.4 is 10.1 Å². The monoisotopic (exact) mass is 423 g/mol. The molecule has 2 aromatic rings. The van der Waals surface area contributed by atoms with Crippen molar-refractivity contribution in [3.05, 3.63) is 59.9 Å². The van der Waals surface area contributed by atoms with E-state index in [9.17, 15) is 15.2 Å². The van der Waals surface area contributed by atoms with E-state index in [1.807, 2.05) is 24.3 Å². The van der Waals surface area contributed by atoms with Crippen molar-refractivity contribution in [3.63, 3.8) is 0 Å². The molecule has 0 aliphatic heterocycles. The number of benzene rings is 1. The third-order valence-corrected chi connectivity index (χ3v) is 5.18. The van der Waals surface area contributed by atoms with Crippen LogP contribution in [0.5, 0.6) is 5.75 Å². The Hall–Kier alpha value is -2.91. The van der Waals surface area contributed by atoms with Crippen molar-refractivity contribution in [2.45, 2.75) is 64.5 Å². The van der Waals surface area contributed by atoms with Crippen molar-refractivity contribution in [1.82, 2.24) is 10.3 Å². The third kappa shape index (κ3) is 7.37. The van der Waals surface area contributed by atoms with Gasteiger partial charge in [0.25, 0.3) is 0 Å². The highest BCUT2D eigenvalue weighted by molar-refractivity contribution is 5.84. The summed E-state index contributed by atoms with van der Waals surface area (Å²) in [5, 5.41) is 22.9. The van der Waals surface area contributed by atoms with E-state index < -0.39 is 17.6 Å². The summed E-state index contributed by atoms with van der Waals surface area (Å²) in [5.41, 5.74) is 0.0714. The Kier molecular flexibility index (Phi) is 9.02. The minimum Gasteiger partial charge on any atom is -0.493 e. The van der Waals surface area contributed by atoms with E-state index in [0.29, 0.717) is 18.2 Å². The van der Waals surface area contributed by atoms with Crippen LogP contribution in [-0.2, 0) is 4.79 Å². The number of hydrogen-bond acceptors (Lipinski definition) is 5.